The summed E-state index contributed by atoms with van der Waals surface area (Å²) in [6.07, 6.45) is -0.360. The van der Waals surface area contributed by atoms with Gasteiger partial charge < -0.3 is 24.6 Å². The lowest BCUT2D eigenvalue weighted by atomic mass is 9.94. The van der Waals surface area contributed by atoms with Crippen LogP contribution in [0.5, 0.6) is 11.5 Å². The number of carbonyl (C=O) groups is 3. The Morgan fingerprint density at radius 1 is 1.03 bits per heavy atom. The number of rotatable bonds is 7. The first-order chi connectivity index (χ1) is 14.4. The first kappa shape index (κ1) is 20.9. The lowest BCUT2D eigenvalue weighted by molar-refractivity contribution is -0.142. The van der Waals surface area contributed by atoms with Crippen molar-refractivity contribution in [3.8, 4) is 11.5 Å². The van der Waals surface area contributed by atoms with E-state index in [1.807, 2.05) is 0 Å². The fourth-order valence-electron chi connectivity index (χ4n) is 3.45. The van der Waals surface area contributed by atoms with Gasteiger partial charge in [-0.25, -0.2) is 0 Å². The quantitative estimate of drug-likeness (QED) is 0.409. The average molecular weight is 411 g/mol. The van der Waals surface area contributed by atoms with Gasteiger partial charge in [0.15, 0.2) is 0 Å². The molecule has 0 aromatic heterocycles. The predicted octanol–water partition coefficient (Wildman–Crippen LogP) is 2.60. The van der Waals surface area contributed by atoms with Crippen molar-refractivity contribution in [3.63, 3.8) is 0 Å². The number of hydrogen-bond acceptors (Lipinski definition) is 6. The highest BCUT2D eigenvalue weighted by Gasteiger charge is 2.47. The molecule has 2 N–H and O–H groups in total. The minimum atomic E-state index is -1.11. The van der Waals surface area contributed by atoms with E-state index in [1.54, 1.807) is 48.5 Å². The van der Waals surface area contributed by atoms with Gasteiger partial charge in [0.25, 0.3) is 11.7 Å². The molecule has 30 heavy (non-hydrogen) atoms. The van der Waals surface area contributed by atoms with Gasteiger partial charge in [0.1, 0.15) is 17.3 Å². The van der Waals surface area contributed by atoms with Crippen LogP contribution in [-0.2, 0) is 14.4 Å². The molecule has 1 unspecified atom stereocenters. The van der Waals surface area contributed by atoms with Crippen molar-refractivity contribution in [3.05, 3.63) is 65.2 Å². The van der Waals surface area contributed by atoms with Crippen molar-refractivity contribution in [2.75, 3.05) is 20.8 Å². The summed E-state index contributed by atoms with van der Waals surface area (Å²) in [6, 6.07) is 12.2. The largest absolute Gasteiger partial charge is 0.507 e. The molecule has 156 valence electrons. The summed E-state index contributed by atoms with van der Waals surface area (Å²) in [5.74, 6) is -2.42. The van der Waals surface area contributed by atoms with Crippen LogP contribution in [0.1, 0.15) is 23.6 Å². The van der Waals surface area contributed by atoms with Crippen molar-refractivity contribution in [2.24, 2.45) is 0 Å². The van der Waals surface area contributed by atoms with Crippen LogP contribution in [0.15, 0.2) is 54.1 Å². The van der Waals surface area contributed by atoms with E-state index in [9.17, 15) is 19.5 Å². The number of aliphatic carboxylic acids is 1. The zero-order valence-corrected chi connectivity index (χ0v) is 16.5. The Morgan fingerprint density at radius 2 is 1.73 bits per heavy atom. The molecule has 1 fully saturated rings. The number of carbonyl (C=O) groups excluding carboxylic acids is 2. The van der Waals surface area contributed by atoms with Crippen molar-refractivity contribution in [1.29, 1.82) is 0 Å². The minimum Gasteiger partial charge on any atom is -0.507 e. The normalized spacial score (nSPS) is 17.8. The Balaban J connectivity index is 2.24. The summed E-state index contributed by atoms with van der Waals surface area (Å²) in [7, 11) is 2.91. The molecular formula is C22H21NO7. The monoisotopic (exact) mass is 411 g/mol. The third kappa shape index (κ3) is 3.84. The van der Waals surface area contributed by atoms with Crippen molar-refractivity contribution >= 4 is 23.4 Å². The number of benzene rings is 2. The Hall–Kier alpha value is -3.81. The number of ketones is 1. The molecule has 0 aliphatic carbocycles. The third-order valence-corrected chi connectivity index (χ3v) is 4.89. The summed E-state index contributed by atoms with van der Waals surface area (Å²) < 4.78 is 10.7. The van der Waals surface area contributed by atoms with Gasteiger partial charge in [-0.2, -0.15) is 0 Å². The number of methoxy groups -OCH3 is 2. The Morgan fingerprint density at radius 3 is 2.33 bits per heavy atom. The first-order valence-electron chi connectivity index (χ1n) is 9.16. The van der Waals surface area contributed by atoms with Crippen molar-refractivity contribution in [1.82, 2.24) is 4.90 Å². The van der Waals surface area contributed by atoms with E-state index in [2.05, 4.69) is 0 Å². The van der Waals surface area contributed by atoms with Crippen LogP contribution in [-0.4, -0.2) is 53.5 Å². The van der Waals surface area contributed by atoms with Crippen molar-refractivity contribution in [2.45, 2.75) is 12.5 Å². The van der Waals surface area contributed by atoms with Crippen molar-refractivity contribution < 1.29 is 34.1 Å². The molecule has 3 rings (SSSR count). The molecule has 2 aromatic carbocycles. The van der Waals surface area contributed by atoms with Crippen LogP contribution in [0.2, 0.25) is 0 Å². The van der Waals surface area contributed by atoms with Gasteiger partial charge in [-0.05, 0) is 18.2 Å². The highest BCUT2D eigenvalue weighted by Crippen LogP contribution is 2.43. The lowest BCUT2D eigenvalue weighted by Gasteiger charge is -2.26. The van der Waals surface area contributed by atoms with E-state index in [0.29, 0.717) is 22.6 Å². The number of hydrogen-bond donors (Lipinski definition) is 2. The maximum Gasteiger partial charge on any atom is 0.305 e. The standard InChI is InChI=1S/C22H21NO7/c1-29-14-8-9-16(30-2)15(12-14)19-18(20(26)13-6-4-3-5-7-13)21(27)22(28)23(19)11-10-17(24)25/h3-9,12,19,26H,10-11H2,1-2H3,(H,24,25)/b20-18-. The molecule has 1 aliphatic heterocycles. The number of aliphatic hydroxyl groups is 1. The molecule has 8 nitrogen and oxygen atoms in total. The predicted molar refractivity (Wildman–Crippen MR) is 107 cm³/mol. The van der Waals surface area contributed by atoms with Gasteiger partial charge in [0, 0.05) is 17.7 Å². The fourth-order valence-corrected chi connectivity index (χ4v) is 3.45. The molecule has 0 saturated carbocycles. The first-order valence-corrected chi connectivity index (χ1v) is 9.16. The van der Waals surface area contributed by atoms with Crippen LogP contribution < -0.4 is 9.47 Å². The van der Waals surface area contributed by atoms with Crippen LogP contribution >= 0.6 is 0 Å². The number of likely N-dealkylation sites (tertiary alicyclic amines) is 1. The molecule has 2 aromatic rings. The van der Waals surface area contributed by atoms with Crippen LogP contribution in [0.25, 0.3) is 5.76 Å². The number of aliphatic hydroxyl groups excluding tert-OH is 1. The third-order valence-electron chi connectivity index (χ3n) is 4.89. The zero-order chi connectivity index (χ0) is 21.8. The number of carboxylic acids is 1. The molecule has 1 heterocycles. The van der Waals surface area contributed by atoms with E-state index in [4.69, 9.17) is 14.6 Å². The second-order valence-corrected chi connectivity index (χ2v) is 6.61. The minimum absolute atomic E-state index is 0.136. The van der Waals surface area contributed by atoms with Gasteiger partial charge in [0.2, 0.25) is 0 Å². The maximum atomic E-state index is 12.9. The highest BCUT2D eigenvalue weighted by molar-refractivity contribution is 6.46. The molecule has 1 saturated heterocycles. The van der Waals surface area contributed by atoms with E-state index >= 15 is 0 Å². The SMILES string of the molecule is COc1ccc(OC)c(C2/C(=C(/O)c3ccccc3)C(=O)C(=O)N2CCC(=O)O)c1. The summed E-state index contributed by atoms with van der Waals surface area (Å²) >= 11 is 0. The fraction of sp³-hybridized carbons (Fsp3) is 0.227. The van der Waals surface area contributed by atoms with E-state index < -0.39 is 23.7 Å². The lowest BCUT2D eigenvalue weighted by Crippen LogP contribution is -2.32. The van der Waals surface area contributed by atoms with Crippen LogP contribution in [0.3, 0.4) is 0 Å². The molecule has 0 radical (unpaired) electrons. The molecule has 1 aliphatic rings. The summed E-state index contributed by atoms with van der Waals surface area (Å²) in [5.41, 5.74) is 0.627. The van der Waals surface area contributed by atoms with Gasteiger partial charge in [-0.1, -0.05) is 30.3 Å². The van der Waals surface area contributed by atoms with Gasteiger partial charge in [0.05, 0.1) is 32.3 Å². The number of nitrogens with zero attached hydrogens (tertiary/aromatic N) is 1. The summed E-state index contributed by atoms with van der Waals surface area (Å²) in [5, 5.41) is 20.0. The molecule has 0 bridgehead atoms. The second kappa shape index (κ2) is 8.69. The Bertz CT molecular complexity index is 1010. The average Bonchev–Trinajstić information content (AvgIpc) is 3.01. The summed E-state index contributed by atoms with van der Waals surface area (Å²) in [4.78, 5) is 37.9. The Labute approximate surface area is 173 Å². The van der Waals surface area contributed by atoms with E-state index in [1.165, 1.54) is 14.2 Å². The van der Waals surface area contributed by atoms with Gasteiger partial charge in [-0.3, -0.25) is 14.4 Å². The number of carboxylic acid groups (broad SMARTS) is 1. The highest BCUT2D eigenvalue weighted by atomic mass is 16.5. The van der Waals surface area contributed by atoms with E-state index in [-0.39, 0.29) is 24.3 Å². The molecular weight excluding hydrogens is 390 g/mol. The van der Waals surface area contributed by atoms with Gasteiger partial charge >= 0.3 is 5.97 Å². The molecule has 1 amide bonds. The molecule has 0 spiro atoms. The number of Topliss-reactive ketones (excluding diaryl/α,β-unsaturated/α-hetero) is 1. The topological polar surface area (TPSA) is 113 Å². The Kier molecular flexibility index (Phi) is 6.06. The molecule has 8 heteroatoms. The smallest absolute Gasteiger partial charge is 0.305 e. The number of ether oxygens (including phenoxy) is 2. The van der Waals surface area contributed by atoms with Crippen LogP contribution in [0.4, 0.5) is 0 Å². The maximum absolute atomic E-state index is 12.9. The van der Waals surface area contributed by atoms with Gasteiger partial charge in [-0.15, -0.1) is 0 Å². The number of amides is 1. The molecule has 1 atom stereocenters. The zero-order valence-electron chi connectivity index (χ0n) is 16.5. The van der Waals surface area contributed by atoms with Crippen LogP contribution in [0, 0.1) is 0 Å². The summed E-state index contributed by atoms with van der Waals surface area (Å²) in [6.45, 7) is -0.212. The second-order valence-electron chi connectivity index (χ2n) is 6.61. The van der Waals surface area contributed by atoms with E-state index in [0.717, 1.165) is 4.90 Å².